The maximum absolute atomic E-state index is 12.9. The maximum Gasteiger partial charge on any atom is 0.254 e. The van der Waals surface area contributed by atoms with E-state index in [9.17, 15) is 9.59 Å². The number of hydrogen-bond acceptors (Lipinski definition) is 3. The van der Waals surface area contributed by atoms with Gasteiger partial charge in [-0.25, -0.2) is 0 Å². The third-order valence-corrected chi connectivity index (χ3v) is 5.56. The molecule has 0 atom stereocenters. The molecule has 1 aliphatic carbocycles. The molecule has 136 valence electrons. The molecule has 2 fully saturated rings. The van der Waals surface area contributed by atoms with Gasteiger partial charge in [0, 0.05) is 37.7 Å². The van der Waals surface area contributed by atoms with Gasteiger partial charge in [-0.2, -0.15) is 0 Å². The number of methoxy groups -OCH3 is 1. The lowest BCUT2D eigenvalue weighted by Crippen LogP contribution is -2.51. The predicted octanol–water partition coefficient (Wildman–Crippen LogP) is 2.79. The molecule has 2 amide bonds. The fourth-order valence-corrected chi connectivity index (χ4v) is 3.97. The number of aryl methyl sites for hydroxylation is 2. The molecule has 1 saturated carbocycles. The summed E-state index contributed by atoms with van der Waals surface area (Å²) < 4.78 is 5.33. The molecule has 1 heterocycles. The fraction of sp³-hybridized carbons (Fsp3) is 0.600. The topological polar surface area (TPSA) is 49.9 Å². The van der Waals surface area contributed by atoms with E-state index in [0.29, 0.717) is 32.1 Å². The normalized spacial score (nSPS) is 18.5. The molecule has 5 nitrogen and oxygen atoms in total. The molecule has 0 N–H and O–H groups in total. The number of ether oxygens (including phenoxy) is 1. The second kappa shape index (κ2) is 7.46. The summed E-state index contributed by atoms with van der Waals surface area (Å²) >= 11 is 0. The molecule has 1 aromatic rings. The Morgan fingerprint density at radius 2 is 1.56 bits per heavy atom. The number of amides is 2. The number of hydrogen-bond donors (Lipinski definition) is 0. The third-order valence-electron chi connectivity index (χ3n) is 5.56. The Morgan fingerprint density at radius 1 is 0.960 bits per heavy atom. The summed E-state index contributed by atoms with van der Waals surface area (Å²) in [6, 6.07) is 3.83. The molecule has 3 rings (SSSR count). The van der Waals surface area contributed by atoms with Crippen molar-refractivity contribution < 1.29 is 14.3 Å². The first kappa shape index (κ1) is 17.8. The fourth-order valence-electron chi connectivity index (χ4n) is 3.97. The van der Waals surface area contributed by atoms with Crippen molar-refractivity contribution in [1.82, 2.24) is 9.80 Å². The summed E-state index contributed by atoms with van der Waals surface area (Å²) in [6.07, 6.45) is 4.40. The molecule has 1 aliphatic heterocycles. The molecule has 2 aliphatic rings. The zero-order valence-electron chi connectivity index (χ0n) is 15.5. The van der Waals surface area contributed by atoms with E-state index in [1.165, 1.54) is 12.8 Å². The quantitative estimate of drug-likeness (QED) is 0.847. The SMILES string of the molecule is COc1cc(C)c(C(=O)N2CCN(C(=O)C3CCCC3)CC2)cc1C. The van der Waals surface area contributed by atoms with Gasteiger partial charge in [0.2, 0.25) is 5.91 Å². The van der Waals surface area contributed by atoms with Crippen molar-refractivity contribution in [2.24, 2.45) is 5.92 Å². The van der Waals surface area contributed by atoms with E-state index in [-0.39, 0.29) is 11.8 Å². The number of nitrogens with zero attached hydrogens (tertiary/aromatic N) is 2. The van der Waals surface area contributed by atoms with Crippen LogP contribution in [-0.2, 0) is 4.79 Å². The molecule has 0 radical (unpaired) electrons. The van der Waals surface area contributed by atoms with Gasteiger partial charge in [0.1, 0.15) is 5.75 Å². The Bertz CT molecular complexity index is 657. The molecule has 25 heavy (non-hydrogen) atoms. The second-order valence-corrected chi connectivity index (χ2v) is 7.24. The van der Waals surface area contributed by atoms with Gasteiger partial charge in [0.05, 0.1) is 7.11 Å². The first-order valence-electron chi connectivity index (χ1n) is 9.24. The highest BCUT2D eigenvalue weighted by molar-refractivity contribution is 5.96. The van der Waals surface area contributed by atoms with Crippen LogP contribution in [0.1, 0.15) is 47.2 Å². The minimum atomic E-state index is 0.0521. The third kappa shape index (κ3) is 3.65. The molecule has 0 unspecified atom stereocenters. The molecular formula is C20H28N2O3. The van der Waals surface area contributed by atoms with E-state index >= 15 is 0 Å². The zero-order valence-corrected chi connectivity index (χ0v) is 15.5. The van der Waals surface area contributed by atoms with Crippen molar-refractivity contribution in [2.75, 3.05) is 33.3 Å². The average molecular weight is 344 g/mol. The number of carbonyl (C=O) groups excluding carboxylic acids is 2. The van der Waals surface area contributed by atoms with Crippen molar-refractivity contribution in [3.05, 3.63) is 28.8 Å². The lowest BCUT2D eigenvalue weighted by Gasteiger charge is -2.36. The minimum absolute atomic E-state index is 0.0521. The van der Waals surface area contributed by atoms with E-state index in [2.05, 4.69) is 0 Å². The van der Waals surface area contributed by atoms with E-state index in [1.807, 2.05) is 35.8 Å². The highest BCUT2D eigenvalue weighted by atomic mass is 16.5. The van der Waals surface area contributed by atoms with Crippen LogP contribution in [0.15, 0.2) is 12.1 Å². The van der Waals surface area contributed by atoms with E-state index < -0.39 is 0 Å². The number of piperazine rings is 1. The molecule has 5 heteroatoms. The lowest BCUT2D eigenvalue weighted by atomic mass is 10.0. The predicted molar refractivity (Wildman–Crippen MR) is 96.9 cm³/mol. The van der Waals surface area contributed by atoms with Crippen molar-refractivity contribution in [2.45, 2.75) is 39.5 Å². The van der Waals surface area contributed by atoms with Gasteiger partial charge in [-0.1, -0.05) is 12.8 Å². The highest BCUT2D eigenvalue weighted by Crippen LogP contribution is 2.27. The Balaban J connectivity index is 1.63. The molecule has 0 spiro atoms. The Kier molecular flexibility index (Phi) is 5.30. The van der Waals surface area contributed by atoms with Crippen molar-refractivity contribution in [3.8, 4) is 5.75 Å². The van der Waals surface area contributed by atoms with Crippen molar-refractivity contribution in [3.63, 3.8) is 0 Å². The van der Waals surface area contributed by atoms with Crippen molar-refractivity contribution >= 4 is 11.8 Å². The van der Waals surface area contributed by atoms with Gasteiger partial charge < -0.3 is 14.5 Å². The van der Waals surface area contributed by atoms with Gasteiger partial charge in [-0.05, 0) is 49.9 Å². The van der Waals surface area contributed by atoms with Crippen molar-refractivity contribution in [1.29, 1.82) is 0 Å². The van der Waals surface area contributed by atoms with Gasteiger partial charge in [0.25, 0.3) is 5.91 Å². The molecule has 0 aromatic heterocycles. The first-order chi connectivity index (χ1) is 12.0. The van der Waals surface area contributed by atoms with Crippen LogP contribution >= 0.6 is 0 Å². The second-order valence-electron chi connectivity index (χ2n) is 7.24. The summed E-state index contributed by atoms with van der Waals surface area (Å²) in [5.74, 6) is 1.37. The van der Waals surface area contributed by atoms with Crippen LogP contribution in [0.4, 0.5) is 0 Å². The Morgan fingerprint density at radius 3 is 2.16 bits per heavy atom. The Labute approximate surface area is 149 Å². The smallest absolute Gasteiger partial charge is 0.254 e. The molecule has 1 saturated heterocycles. The summed E-state index contributed by atoms with van der Waals surface area (Å²) in [7, 11) is 1.64. The largest absolute Gasteiger partial charge is 0.496 e. The van der Waals surface area contributed by atoms with E-state index in [1.54, 1.807) is 7.11 Å². The minimum Gasteiger partial charge on any atom is -0.496 e. The van der Waals surface area contributed by atoms with Gasteiger partial charge in [-0.15, -0.1) is 0 Å². The van der Waals surface area contributed by atoms with E-state index in [4.69, 9.17) is 4.74 Å². The van der Waals surface area contributed by atoms with Crippen LogP contribution in [0.3, 0.4) is 0 Å². The van der Waals surface area contributed by atoms with Crippen LogP contribution in [0.2, 0.25) is 0 Å². The summed E-state index contributed by atoms with van der Waals surface area (Å²) in [5, 5.41) is 0. The highest BCUT2D eigenvalue weighted by Gasteiger charge is 2.31. The molecule has 1 aromatic carbocycles. The molecular weight excluding hydrogens is 316 g/mol. The number of rotatable bonds is 3. The van der Waals surface area contributed by atoms with Crippen LogP contribution in [0.25, 0.3) is 0 Å². The standard InChI is InChI=1S/C20H28N2O3/c1-14-13-18(25-3)15(2)12-17(14)20(24)22-10-8-21(9-11-22)19(23)16-6-4-5-7-16/h12-13,16H,4-11H2,1-3H3. The summed E-state index contributed by atoms with van der Waals surface area (Å²) in [6.45, 7) is 6.41. The van der Waals surface area contributed by atoms with Crippen LogP contribution in [0, 0.1) is 19.8 Å². The maximum atomic E-state index is 12.9. The number of benzene rings is 1. The first-order valence-corrected chi connectivity index (χ1v) is 9.24. The van der Waals surface area contributed by atoms with Gasteiger partial charge >= 0.3 is 0 Å². The van der Waals surface area contributed by atoms with Gasteiger partial charge in [-0.3, -0.25) is 9.59 Å². The lowest BCUT2D eigenvalue weighted by molar-refractivity contribution is -0.136. The molecule has 0 bridgehead atoms. The Hall–Kier alpha value is -2.04. The monoisotopic (exact) mass is 344 g/mol. The van der Waals surface area contributed by atoms with Gasteiger partial charge in [0.15, 0.2) is 0 Å². The van der Waals surface area contributed by atoms with Crippen LogP contribution in [-0.4, -0.2) is 54.9 Å². The zero-order chi connectivity index (χ0) is 18.0. The van der Waals surface area contributed by atoms with Crippen LogP contribution < -0.4 is 4.74 Å². The average Bonchev–Trinajstić information content (AvgIpc) is 3.17. The summed E-state index contributed by atoms with van der Waals surface area (Å²) in [5.41, 5.74) is 2.62. The summed E-state index contributed by atoms with van der Waals surface area (Å²) in [4.78, 5) is 29.2. The number of carbonyl (C=O) groups is 2. The van der Waals surface area contributed by atoms with E-state index in [0.717, 1.165) is 35.3 Å². The van der Waals surface area contributed by atoms with Crippen LogP contribution in [0.5, 0.6) is 5.75 Å².